The van der Waals surface area contributed by atoms with Crippen LogP contribution in [0, 0.1) is 11.8 Å². The number of carbonyl (C=O) groups excluding carboxylic acids is 1. The van der Waals surface area contributed by atoms with Crippen LogP contribution in [-0.4, -0.2) is 17.0 Å². The summed E-state index contributed by atoms with van der Waals surface area (Å²) in [6.45, 7) is 0. The summed E-state index contributed by atoms with van der Waals surface area (Å²) in [7, 11) is 0. The fraction of sp³-hybridized carbons (Fsp3) is 0.929. The SMILES string of the molecule is O=C(C1CCCCC1)C(O)C1CCCCC1. The third kappa shape index (κ3) is 2.85. The summed E-state index contributed by atoms with van der Waals surface area (Å²) in [5, 5.41) is 10.1. The monoisotopic (exact) mass is 224 g/mol. The lowest BCUT2D eigenvalue weighted by molar-refractivity contribution is -0.135. The molecule has 1 unspecified atom stereocenters. The van der Waals surface area contributed by atoms with Crippen molar-refractivity contribution in [3.63, 3.8) is 0 Å². The lowest BCUT2D eigenvalue weighted by atomic mass is 9.78. The van der Waals surface area contributed by atoms with Gasteiger partial charge >= 0.3 is 0 Å². The van der Waals surface area contributed by atoms with E-state index in [1.807, 2.05) is 0 Å². The molecule has 0 amide bonds. The zero-order chi connectivity index (χ0) is 11.4. The molecule has 16 heavy (non-hydrogen) atoms. The smallest absolute Gasteiger partial charge is 0.164 e. The minimum absolute atomic E-state index is 0.159. The number of aliphatic hydroxyl groups excluding tert-OH is 1. The molecule has 0 aromatic rings. The molecule has 0 spiro atoms. The maximum Gasteiger partial charge on any atom is 0.164 e. The zero-order valence-electron chi connectivity index (χ0n) is 10.2. The molecule has 0 aromatic carbocycles. The summed E-state index contributed by atoms with van der Waals surface area (Å²) in [5.74, 6) is 0.598. The second-order valence-electron chi connectivity index (χ2n) is 5.58. The first-order valence-electron chi connectivity index (χ1n) is 7.01. The number of aliphatic hydroxyl groups is 1. The Morgan fingerprint density at radius 1 is 0.875 bits per heavy atom. The molecule has 2 saturated carbocycles. The number of Topliss-reactive ketones (excluding diaryl/α,β-unsaturated/α-hetero) is 1. The molecule has 0 heterocycles. The van der Waals surface area contributed by atoms with Gasteiger partial charge in [0.25, 0.3) is 0 Å². The third-order valence-electron chi connectivity index (χ3n) is 4.40. The van der Waals surface area contributed by atoms with Crippen LogP contribution in [0.3, 0.4) is 0 Å². The molecule has 2 aliphatic carbocycles. The molecule has 0 saturated heterocycles. The molecule has 0 aromatic heterocycles. The lowest BCUT2D eigenvalue weighted by Crippen LogP contribution is -2.36. The van der Waals surface area contributed by atoms with Gasteiger partial charge in [0.05, 0.1) is 0 Å². The molecule has 92 valence electrons. The second kappa shape index (κ2) is 5.81. The van der Waals surface area contributed by atoms with Crippen LogP contribution in [0.2, 0.25) is 0 Å². The molecule has 0 radical (unpaired) electrons. The van der Waals surface area contributed by atoms with E-state index in [0.717, 1.165) is 25.7 Å². The summed E-state index contributed by atoms with van der Waals surface area (Å²) >= 11 is 0. The van der Waals surface area contributed by atoms with Gasteiger partial charge in [0.2, 0.25) is 0 Å². The van der Waals surface area contributed by atoms with Gasteiger partial charge in [0.15, 0.2) is 5.78 Å². The Hall–Kier alpha value is -0.370. The fourth-order valence-corrected chi connectivity index (χ4v) is 3.31. The highest BCUT2D eigenvalue weighted by Gasteiger charge is 2.32. The maximum atomic E-state index is 12.1. The minimum Gasteiger partial charge on any atom is -0.385 e. The molecular formula is C14H24O2. The predicted molar refractivity (Wildman–Crippen MR) is 64.2 cm³/mol. The van der Waals surface area contributed by atoms with Gasteiger partial charge < -0.3 is 5.11 Å². The molecular weight excluding hydrogens is 200 g/mol. The first-order chi connectivity index (χ1) is 7.79. The van der Waals surface area contributed by atoms with Gasteiger partial charge in [0, 0.05) is 5.92 Å². The maximum absolute atomic E-state index is 12.1. The predicted octanol–water partition coefficient (Wildman–Crippen LogP) is 3.08. The van der Waals surface area contributed by atoms with Crippen molar-refractivity contribution in [1.82, 2.24) is 0 Å². The van der Waals surface area contributed by atoms with Crippen LogP contribution in [0.25, 0.3) is 0 Å². The minimum atomic E-state index is -0.650. The number of rotatable bonds is 3. The largest absolute Gasteiger partial charge is 0.385 e. The van der Waals surface area contributed by atoms with Crippen LogP contribution in [0.1, 0.15) is 64.2 Å². The van der Waals surface area contributed by atoms with Crippen LogP contribution in [0.4, 0.5) is 0 Å². The number of ketones is 1. The van der Waals surface area contributed by atoms with E-state index in [2.05, 4.69) is 0 Å². The van der Waals surface area contributed by atoms with Crippen LogP contribution in [0.15, 0.2) is 0 Å². The van der Waals surface area contributed by atoms with Crippen molar-refractivity contribution < 1.29 is 9.90 Å². The Balaban J connectivity index is 1.86. The molecule has 2 aliphatic rings. The van der Waals surface area contributed by atoms with Gasteiger partial charge in [-0.05, 0) is 31.6 Å². The van der Waals surface area contributed by atoms with Gasteiger partial charge in [-0.2, -0.15) is 0 Å². The number of hydrogen-bond donors (Lipinski definition) is 1. The molecule has 1 atom stereocenters. The summed E-state index contributed by atoms with van der Waals surface area (Å²) < 4.78 is 0. The van der Waals surface area contributed by atoms with Crippen LogP contribution in [0.5, 0.6) is 0 Å². The van der Waals surface area contributed by atoms with Crippen molar-refractivity contribution in [3.05, 3.63) is 0 Å². The number of hydrogen-bond acceptors (Lipinski definition) is 2. The highest BCUT2D eigenvalue weighted by molar-refractivity contribution is 5.85. The average Bonchev–Trinajstić information content (AvgIpc) is 2.39. The normalized spacial score (nSPS) is 26.6. The molecule has 0 bridgehead atoms. The quantitative estimate of drug-likeness (QED) is 0.800. The summed E-state index contributed by atoms with van der Waals surface area (Å²) in [5.41, 5.74) is 0. The van der Waals surface area contributed by atoms with Gasteiger partial charge in [-0.3, -0.25) is 4.79 Å². The van der Waals surface area contributed by atoms with Gasteiger partial charge in [-0.1, -0.05) is 38.5 Å². The van der Waals surface area contributed by atoms with E-state index in [1.165, 1.54) is 38.5 Å². The van der Waals surface area contributed by atoms with E-state index in [-0.39, 0.29) is 17.6 Å². The highest BCUT2D eigenvalue weighted by atomic mass is 16.3. The fourth-order valence-electron chi connectivity index (χ4n) is 3.31. The first kappa shape index (κ1) is 12.1. The van der Waals surface area contributed by atoms with Gasteiger partial charge in [-0.15, -0.1) is 0 Å². The number of carbonyl (C=O) groups is 1. The van der Waals surface area contributed by atoms with Crippen molar-refractivity contribution in [2.45, 2.75) is 70.3 Å². The average molecular weight is 224 g/mol. The Morgan fingerprint density at radius 3 is 1.94 bits per heavy atom. The lowest BCUT2D eigenvalue weighted by Gasteiger charge is -2.29. The van der Waals surface area contributed by atoms with Crippen molar-refractivity contribution in [3.8, 4) is 0 Å². The highest BCUT2D eigenvalue weighted by Crippen LogP contribution is 2.31. The molecule has 2 rings (SSSR count). The molecule has 2 fully saturated rings. The zero-order valence-corrected chi connectivity index (χ0v) is 10.2. The van der Waals surface area contributed by atoms with Crippen molar-refractivity contribution in [2.24, 2.45) is 11.8 Å². The third-order valence-corrected chi connectivity index (χ3v) is 4.40. The second-order valence-corrected chi connectivity index (χ2v) is 5.58. The van der Waals surface area contributed by atoms with Crippen molar-refractivity contribution in [2.75, 3.05) is 0 Å². The molecule has 1 N–H and O–H groups in total. The summed E-state index contributed by atoms with van der Waals surface area (Å²) in [6, 6.07) is 0. The first-order valence-corrected chi connectivity index (χ1v) is 7.01. The topological polar surface area (TPSA) is 37.3 Å². The Labute approximate surface area is 98.4 Å². The Kier molecular flexibility index (Phi) is 4.39. The Bertz CT molecular complexity index is 225. The standard InChI is InChI=1S/C14H24O2/c15-13(11-7-3-1-4-8-11)14(16)12-9-5-2-6-10-12/h11-13,15H,1-10H2. The van der Waals surface area contributed by atoms with Gasteiger partial charge in [-0.25, -0.2) is 0 Å². The van der Waals surface area contributed by atoms with E-state index < -0.39 is 6.10 Å². The van der Waals surface area contributed by atoms with E-state index in [4.69, 9.17) is 0 Å². The van der Waals surface area contributed by atoms with E-state index in [1.54, 1.807) is 0 Å². The van der Waals surface area contributed by atoms with Crippen LogP contribution < -0.4 is 0 Å². The molecule has 2 nitrogen and oxygen atoms in total. The molecule has 0 aliphatic heterocycles. The van der Waals surface area contributed by atoms with Crippen molar-refractivity contribution in [1.29, 1.82) is 0 Å². The Morgan fingerprint density at radius 2 is 1.38 bits per heavy atom. The molecule has 2 heteroatoms. The summed E-state index contributed by atoms with van der Waals surface area (Å²) in [6.07, 6.45) is 10.8. The summed E-state index contributed by atoms with van der Waals surface area (Å²) in [4.78, 5) is 12.1. The van der Waals surface area contributed by atoms with E-state index >= 15 is 0 Å². The van der Waals surface area contributed by atoms with Crippen LogP contribution in [-0.2, 0) is 4.79 Å². The van der Waals surface area contributed by atoms with E-state index in [0.29, 0.717) is 0 Å². The van der Waals surface area contributed by atoms with Crippen LogP contribution >= 0.6 is 0 Å². The van der Waals surface area contributed by atoms with E-state index in [9.17, 15) is 9.90 Å². The van der Waals surface area contributed by atoms with Crippen molar-refractivity contribution >= 4 is 5.78 Å². The van der Waals surface area contributed by atoms with Gasteiger partial charge in [0.1, 0.15) is 6.10 Å².